The molecule has 16 heavy (non-hydrogen) atoms. The molecule has 2 rings (SSSR count). The zero-order valence-corrected chi connectivity index (χ0v) is 10.2. The summed E-state index contributed by atoms with van der Waals surface area (Å²) in [5.74, 6) is 0. The first-order valence-corrected chi connectivity index (χ1v) is 5.75. The Morgan fingerprint density at radius 2 is 1.94 bits per heavy atom. The van der Waals surface area contributed by atoms with Crippen molar-refractivity contribution in [2.45, 2.75) is 32.8 Å². The van der Waals surface area contributed by atoms with E-state index in [-0.39, 0.29) is 5.60 Å². The second-order valence-electron chi connectivity index (χ2n) is 5.09. The van der Waals surface area contributed by atoms with Gasteiger partial charge in [0.15, 0.2) is 0 Å². The Bertz CT molecular complexity index is 432. The van der Waals surface area contributed by atoms with E-state index in [1.807, 2.05) is 6.07 Å². The van der Waals surface area contributed by atoms with Crippen LogP contribution in [0, 0.1) is 0 Å². The summed E-state index contributed by atoms with van der Waals surface area (Å²) < 4.78 is 5.71. The molecule has 0 saturated carbocycles. The molecule has 0 unspecified atom stereocenters. The van der Waals surface area contributed by atoms with Crippen molar-refractivity contribution < 1.29 is 4.74 Å². The molecule has 0 amide bonds. The minimum absolute atomic E-state index is 0.0496. The molecule has 2 heteroatoms. The van der Waals surface area contributed by atoms with Gasteiger partial charge in [0.05, 0.1) is 12.2 Å². The molecular weight excluding hydrogens is 198 g/mol. The van der Waals surface area contributed by atoms with Gasteiger partial charge in [-0.1, -0.05) is 18.2 Å². The first-order chi connectivity index (χ1) is 7.54. The lowest BCUT2D eigenvalue weighted by molar-refractivity contribution is -0.00121. The number of hydrogen-bond acceptors (Lipinski definition) is 1. The maximum Gasteiger partial charge on any atom is 0.0598 e. The monoisotopic (exact) mass is 217 g/mol. The van der Waals surface area contributed by atoms with E-state index in [0.29, 0.717) is 0 Å². The van der Waals surface area contributed by atoms with Crippen LogP contribution < -0.4 is 0 Å². The van der Waals surface area contributed by atoms with Gasteiger partial charge in [-0.25, -0.2) is 0 Å². The Morgan fingerprint density at radius 3 is 2.62 bits per heavy atom. The van der Waals surface area contributed by atoms with Crippen molar-refractivity contribution in [3.05, 3.63) is 36.0 Å². The van der Waals surface area contributed by atoms with Gasteiger partial charge in [0.1, 0.15) is 0 Å². The van der Waals surface area contributed by atoms with E-state index < -0.39 is 0 Å². The predicted molar refractivity (Wildman–Crippen MR) is 67.7 cm³/mol. The number of nitrogens with one attached hydrogen (secondary N) is 1. The molecule has 1 aromatic carbocycles. The molecular formula is C14H19NO. The summed E-state index contributed by atoms with van der Waals surface area (Å²) in [6.07, 6.45) is 0.936. The second kappa shape index (κ2) is 4.30. The van der Waals surface area contributed by atoms with Crippen LogP contribution in [-0.4, -0.2) is 17.2 Å². The molecule has 0 spiro atoms. The lowest BCUT2D eigenvalue weighted by Gasteiger charge is -2.19. The molecule has 0 radical (unpaired) electrons. The number of fused-ring (bicyclic) bond motifs is 1. The van der Waals surface area contributed by atoms with Gasteiger partial charge in [-0.05, 0) is 38.3 Å². The average Bonchev–Trinajstić information content (AvgIpc) is 2.57. The van der Waals surface area contributed by atoms with E-state index in [9.17, 15) is 0 Å². The SMILES string of the molecule is CC(C)(C)OCCc1cc2ccccc2[nH]1. The van der Waals surface area contributed by atoms with E-state index in [0.717, 1.165) is 13.0 Å². The Kier molecular flexibility index (Phi) is 3.01. The van der Waals surface area contributed by atoms with Crippen molar-refractivity contribution in [2.75, 3.05) is 6.61 Å². The van der Waals surface area contributed by atoms with Crippen LogP contribution in [0.15, 0.2) is 30.3 Å². The van der Waals surface area contributed by atoms with Crippen LogP contribution in [0.2, 0.25) is 0 Å². The molecule has 0 bridgehead atoms. The number of H-pyrrole nitrogens is 1. The van der Waals surface area contributed by atoms with Crippen LogP contribution in [-0.2, 0) is 11.2 Å². The molecule has 0 aliphatic rings. The number of hydrogen-bond donors (Lipinski definition) is 1. The summed E-state index contributed by atoms with van der Waals surface area (Å²) in [6, 6.07) is 10.5. The Labute approximate surface area is 96.6 Å². The van der Waals surface area contributed by atoms with Crippen molar-refractivity contribution >= 4 is 10.9 Å². The first kappa shape index (κ1) is 11.2. The minimum atomic E-state index is -0.0496. The molecule has 2 aromatic rings. The Balaban J connectivity index is 2.00. The molecule has 0 saturated heterocycles. The van der Waals surface area contributed by atoms with Crippen molar-refractivity contribution in [1.29, 1.82) is 0 Å². The van der Waals surface area contributed by atoms with E-state index in [1.165, 1.54) is 16.6 Å². The molecule has 2 nitrogen and oxygen atoms in total. The van der Waals surface area contributed by atoms with E-state index >= 15 is 0 Å². The molecule has 0 atom stereocenters. The number of benzene rings is 1. The van der Waals surface area contributed by atoms with E-state index in [2.05, 4.69) is 50.0 Å². The maximum absolute atomic E-state index is 5.71. The third-order valence-electron chi connectivity index (χ3n) is 2.49. The highest BCUT2D eigenvalue weighted by Gasteiger charge is 2.09. The Morgan fingerprint density at radius 1 is 1.19 bits per heavy atom. The van der Waals surface area contributed by atoms with Crippen LogP contribution in [0.25, 0.3) is 10.9 Å². The van der Waals surface area contributed by atoms with Crippen LogP contribution >= 0.6 is 0 Å². The van der Waals surface area contributed by atoms with Crippen LogP contribution in [0.5, 0.6) is 0 Å². The fourth-order valence-electron chi connectivity index (χ4n) is 1.74. The first-order valence-electron chi connectivity index (χ1n) is 5.75. The van der Waals surface area contributed by atoms with Gasteiger partial charge in [-0.2, -0.15) is 0 Å². The molecule has 1 aromatic heterocycles. The fraction of sp³-hybridized carbons (Fsp3) is 0.429. The summed E-state index contributed by atoms with van der Waals surface area (Å²) >= 11 is 0. The van der Waals surface area contributed by atoms with Crippen molar-refractivity contribution in [1.82, 2.24) is 4.98 Å². The van der Waals surface area contributed by atoms with Gasteiger partial charge < -0.3 is 9.72 Å². The highest BCUT2D eigenvalue weighted by molar-refractivity contribution is 5.80. The second-order valence-corrected chi connectivity index (χ2v) is 5.09. The molecule has 1 N–H and O–H groups in total. The summed E-state index contributed by atoms with van der Waals surface area (Å²) in [7, 11) is 0. The zero-order chi connectivity index (χ0) is 11.6. The number of ether oxygens (including phenoxy) is 1. The van der Waals surface area contributed by atoms with Crippen LogP contribution in [0.1, 0.15) is 26.5 Å². The third-order valence-corrected chi connectivity index (χ3v) is 2.49. The van der Waals surface area contributed by atoms with Gasteiger partial charge >= 0.3 is 0 Å². The topological polar surface area (TPSA) is 25.0 Å². The molecule has 0 fully saturated rings. The normalized spacial score (nSPS) is 12.2. The summed E-state index contributed by atoms with van der Waals surface area (Å²) in [4.78, 5) is 3.40. The van der Waals surface area contributed by atoms with Crippen LogP contribution in [0.3, 0.4) is 0 Å². The number of aromatic amines is 1. The van der Waals surface area contributed by atoms with E-state index in [1.54, 1.807) is 0 Å². The number of rotatable bonds is 3. The average molecular weight is 217 g/mol. The lowest BCUT2D eigenvalue weighted by atomic mass is 10.2. The molecule has 0 aliphatic carbocycles. The lowest BCUT2D eigenvalue weighted by Crippen LogP contribution is -2.20. The van der Waals surface area contributed by atoms with Gasteiger partial charge in [0.25, 0.3) is 0 Å². The standard InChI is InChI=1S/C14H19NO/c1-14(2,3)16-9-8-12-10-11-6-4-5-7-13(11)15-12/h4-7,10,15H,8-9H2,1-3H3. The molecule has 1 heterocycles. The highest BCUT2D eigenvalue weighted by Crippen LogP contribution is 2.15. The van der Waals surface area contributed by atoms with Crippen molar-refractivity contribution in [2.24, 2.45) is 0 Å². The fourth-order valence-corrected chi connectivity index (χ4v) is 1.74. The number of para-hydroxylation sites is 1. The maximum atomic E-state index is 5.71. The van der Waals surface area contributed by atoms with Crippen LogP contribution in [0.4, 0.5) is 0 Å². The summed E-state index contributed by atoms with van der Waals surface area (Å²) in [5, 5.41) is 1.27. The largest absolute Gasteiger partial charge is 0.375 e. The van der Waals surface area contributed by atoms with Gasteiger partial charge in [-0.15, -0.1) is 0 Å². The smallest absolute Gasteiger partial charge is 0.0598 e. The van der Waals surface area contributed by atoms with Gasteiger partial charge in [0.2, 0.25) is 0 Å². The summed E-state index contributed by atoms with van der Waals surface area (Å²) in [6.45, 7) is 7.00. The third kappa shape index (κ3) is 2.86. The molecule has 0 aliphatic heterocycles. The quantitative estimate of drug-likeness (QED) is 0.836. The highest BCUT2D eigenvalue weighted by atomic mass is 16.5. The Hall–Kier alpha value is -1.28. The van der Waals surface area contributed by atoms with Crippen molar-refractivity contribution in [3.8, 4) is 0 Å². The zero-order valence-electron chi connectivity index (χ0n) is 10.2. The predicted octanol–water partition coefficient (Wildman–Crippen LogP) is 3.53. The van der Waals surface area contributed by atoms with E-state index in [4.69, 9.17) is 4.74 Å². The minimum Gasteiger partial charge on any atom is -0.375 e. The van der Waals surface area contributed by atoms with Gasteiger partial charge in [-0.3, -0.25) is 0 Å². The molecule has 86 valence electrons. The van der Waals surface area contributed by atoms with Gasteiger partial charge in [0, 0.05) is 17.6 Å². The van der Waals surface area contributed by atoms with Crippen molar-refractivity contribution in [3.63, 3.8) is 0 Å². The summed E-state index contributed by atoms with van der Waals surface area (Å²) in [5.41, 5.74) is 2.39. The number of aromatic nitrogens is 1.